The van der Waals surface area contributed by atoms with Crippen LogP contribution >= 0.6 is 0 Å². The molecule has 2 aliphatic rings. The number of carbonyl (C=O) groups is 2. The van der Waals surface area contributed by atoms with Crippen molar-refractivity contribution in [3.63, 3.8) is 0 Å². The SMILES string of the molecule is O=C1CC2(CCOC2)CC(=O)N1. The number of amides is 2. The van der Waals surface area contributed by atoms with Crippen LogP contribution in [0.5, 0.6) is 0 Å². The molecule has 1 N–H and O–H groups in total. The van der Waals surface area contributed by atoms with Crippen LogP contribution in [0.4, 0.5) is 0 Å². The summed E-state index contributed by atoms with van der Waals surface area (Å²) in [6.07, 6.45) is 1.73. The minimum absolute atomic E-state index is 0.156. The van der Waals surface area contributed by atoms with Crippen LogP contribution in [0.2, 0.25) is 0 Å². The molecule has 2 amide bonds. The van der Waals surface area contributed by atoms with Crippen LogP contribution in [0.3, 0.4) is 0 Å². The fourth-order valence-corrected chi connectivity index (χ4v) is 1.92. The van der Waals surface area contributed by atoms with E-state index in [-0.39, 0.29) is 17.2 Å². The molecule has 2 rings (SSSR count). The molecule has 4 heteroatoms. The second-order valence-electron chi connectivity index (χ2n) is 3.63. The molecule has 4 nitrogen and oxygen atoms in total. The number of carbonyl (C=O) groups excluding carboxylic acids is 2. The fraction of sp³-hybridized carbons (Fsp3) is 0.750. The summed E-state index contributed by atoms with van der Waals surface area (Å²) < 4.78 is 5.20. The van der Waals surface area contributed by atoms with Crippen LogP contribution < -0.4 is 5.32 Å². The molecular formula is C8H11NO3. The number of piperidine rings is 1. The van der Waals surface area contributed by atoms with E-state index in [0.29, 0.717) is 26.1 Å². The van der Waals surface area contributed by atoms with E-state index in [4.69, 9.17) is 4.74 Å². The van der Waals surface area contributed by atoms with Crippen LogP contribution in [0, 0.1) is 5.41 Å². The molecule has 2 fully saturated rings. The van der Waals surface area contributed by atoms with E-state index < -0.39 is 0 Å². The van der Waals surface area contributed by atoms with Gasteiger partial charge in [-0.15, -0.1) is 0 Å². The molecule has 2 aliphatic heterocycles. The fourth-order valence-electron chi connectivity index (χ4n) is 1.92. The second-order valence-corrected chi connectivity index (χ2v) is 3.63. The van der Waals surface area contributed by atoms with Crippen molar-refractivity contribution in [2.45, 2.75) is 19.3 Å². The minimum Gasteiger partial charge on any atom is -0.381 e. The molecule has 12 heavy (non-hydrogen) atoms. The molecule has 0 atom stereocenters. The first-order valence-corrected chi connectivity index (χ1v) is 4.11. The highest BCUT2D eigenvalue weighted by molar-refractivity contribution is 5.98. The monoisotopic (exact) mass is 169 g/mol. The van der Waals surface area contributed by atoms with Crippen molar-refractivity contribution < 1.29 is 14.3 Å². The molecule has 0 aromatic rings. The van der Waals surface area contributed by atoms with Crippen LogP contribution in [0.1, 0.15) is 19.3 Å². The maximum Gasteiger partial charge on any atom is 0.227 e. The summed E-state index contributed by atoms with van der Waals surface area (Å²) in [6.45, 7) is 1.24. The van der Waals surface area contributed by atoms with Crippen molar-refractivity contribution in [3.8, 4) is 0 Å². The molecule has 0 radical (unpaired) electrons. The molecule has 0 aliphatic carbocycles. The van der Waals surface area contributed by atoms with Crippen LogP contribution in [-0.2, 0) is 14.3 Å². The van der Waals surface area contributed by atoms with Crippen LogP contribution in [-0.4, -0.2) is 25.0 Å². The molecular weight excluding hydrogens is 158 g/mol. The molecule has 1 spiro atoms. The highest BCUT2D eigenvalue weighted by Gasteiger charge is 2.42. The topological polar surface area (TPSA) is 55.4 Å². The quantitative estimate of drug-likeness (QED) is 0.512. The zero-order valence-corrected chi connectivity index (χ0v) is 6.76. The Bertz CT molecular complexity index is 212. The van der Waals surface area contributed by atoms with Crippen molar-refractivity contribution in [3.05, 3.63) is 0 Å². The number of hydrogen-bond donors (Lipinski definition) is 1. The molecule has 0 bridgehead atoms. The third-order valence-corrected chi connectivity index (χ3v) is 2.53. The van der Waals surface area contributed by atoms with Gasteiger partial charge in [-0.05, 0) is 6.42 Å². The zero-order valence-electron chi connectivity index (χ0n) is 6.76. The van der Waals surface area contributed by atoms with Crippen molar-refractivity contribution in [2.75, 3.05) is 13.2 Å². The highest BCUT2D eigenvalue weighted by Crippen LogP contribution is 2.37. The van der Waals surface area contributed by atoms with E-state index in [1.165, 1.54) is 0 Å². The number of hydrogen-bond acceptors (Lipinski definition) is 3. The Hall–Kier alpha value is -0.900. The molecule has 2 heterocycles. The third-order valence-electron chi connectivity index (χ3n) is 2.53. The summed E-state index contributed by atoms with van der Waals surface area (Å²) >= 11 is 0. The number of rotatable bonds is 0. The van der Waals surface area contributed by atoms with Gasteiger partial charge in [0.2, 0.25) is 11.8 Å². The Morgan fingerprint density at radius 1 is 1.25 bits per heavy atom. The lowest BCUT2D eigenvalue weighted by molar-refractivity contribution is -0.138. The number of ether oxygens (including phenoxy) is 1. The standard InChI is InChI=1S/C8H11NO3/c10-6-3-8(1-2-12-5-8)4-7(11)9-6/h1-5H2,(H,9,10,11). The Balaban J connectivity index is 2.14. The first kappa shape index (κ1) is 7.73. The van der Waals surface area contributed by atoms with Gasteiger partial charge >= 0.3 is 0 Å². The third kappa shape index (κ3) is 1.22. The predicted molar refractivity (Wildman–Crippen MR) is 40.3 cm³/mol. The van der Waals surface area contributed by atoms with Gasteiger partial charge < -0.3 is 4.74 Å². The largest absolute Gasteiger partial charge is 0.381 e. The molecule has 0 saturated carbocycles. The lowest BCUT2D eigenvalue weighted by Crippen LogP contribution is -2.45. The predicted octanol–water partition coefficient (Wildman–Crippen LogP) is -0.170. The molecule has 2 saturated heterocycles. The zero-order chi connectivity index (χ0) is 8.60. The normalized spacial score (nSPS) is 27.7. The van der Waals surface area contributed by atoms with Gasteiger partial charge in [0.25, 0.3) is 0 Å². The van der Waals surface area contributed by atoms with E-state index >= 15 is 0 Å². The summed E-state index contributed by atoms with van der Waals surface area (Å²) in [5.74, 6) is -0.312. The van der Waals surface area contributed by atoms with Gasteiger partial charge in [-0.1, -0.05) is 0 Å². The molecule has 0 aromatic heterocycles. The second kappa shape index (κ2) is 2.55. The molecule has 66 valence electrons. The summed E-state index contributed by atoms with van der Waals surface area (Å²) in [7, 11) is 0. The Kier molecular flexibility index (Phi) is 1.65. The maximum absolute atomic E-state index is 11.0. The first-order valence-electron chi connectivity index (χ1n) is 4.11. The lowest BCUT2D eigenvalue weighted by atomic mass is 9.78. The smallest absolute Gasteiger partial charge is 0.227 e. The molecule has 0 unspecified atom stereocenters. The van der Waals surface area contributed by atoms with Gasteiger partial charge in [-0.25, -0.2) is 0 Å². The van der Waals surface area contributed by atoms with Crippen molar-refractivity contribution in [1.29, 1.82) is 0 Å². The average molecular weight is 169 g/mol. The first-order chi connectivity index (χ1) is 5.70. The van der Waals surface area contributed by atoms with E-state index in [1.54, 1.807) is 0 Å². The van der Waals surface area contributed by atoms with E-state index in [9.17, 15) is 9.59 Å². The van der Waals surface area contributed by atoms with E-state index in [1.807, 2.05) is 0 Å². The molecule has 0 aromatic carbocycles. The Morgan fingerprint density at radius 3 is 2.42 bits per heavy atom. The maximum atomic E-state index is 11.0. The highest BCUT2D eigenvalue weighted by atomic mass is 16.5. The van der Waals surface area contributed by atoms with Gasteiger partial charge in [0.1, 0.15) is 0 Å². The van der Waals surface area contributed by atoms with Gasteiger partial charge in [0.05, 0.1) is 6.61 Å². The van der Waals surface area contributed by atoms with Gasteiger partial charge in [0.15, 0.2) is 0 Å². The summed E-state index contributed by atoms with van der Waals surface area (Å²) in [4.78, 5) is 22.1. The average Bonchev–Trinajstić information content (AvgIpc) is 2.33. The summed E-state index contributed by atoms with van der Waals surface area (Å²) in [5, 5.41) is 2.30. The van der Waals surface area contributed by atoms with Crippen LogP contribution in [0.25, 0.3) is 0 Å². The Labute approximate surface area is 70.3 Å². The van der Waals surface area contributed by atoms with Gasteiger partial charge in [0, 0.05) is 24.9 Å². The van der Waals surface area contributed by atoms with Crippen molar-refractivity contribution in [1.82, 2.24) is 5.32 Å². The van der Waals surface area contributed by atoms with E-state index in [0.717, 1.165) is 6.42 Å². The summed E-state index contributed by atoms with van der Waals surface area (Å²) in [6, 6.07) is 0. The minimum atomic E-state index is -0.167. The summed E-state index contributed by atoms with van der Waals surface area (Å²) in [5.41, 5.74) is -0.167. The number of imide groups is 1. The number of nitrogens with one attached hydrogen (secondary N) is 1. The van der Waals surface area contributed by atoms with Gasteiger partial charge in [-0.3, -0.25) is 14.9 Å². The Morgan fingerprint density at radius 2 is 1.92 bits per heavy atom. The van der Waals surface area contributed by atoms with E-state index in [2.05, 4.69) is 5.32 Å². The van der Waals surface area contributed by atoms with Crippen molar-refractivity contribution in [2.24, 2.45) is 5.41 Å². The van der Waals surface area contributed by atoms with Gasteiger partial charge in [-0.2, -0.15) is 0 Å². The van der Waals surface area contributed by atoms with Crippen LogP contribution in [0.15, 0.2) is 0 Å². The van der Waals surface area contributed by atoms with Crippen molar-refractivity contribution >= 4 is 11.8 Å². The lowest BCUT2D eigenvalue weighted by Gasteiger charge is -2.29.